The minimum atomic E-state index is -0.349. The fraction of sp³-hybridized carbons (Fsp3) is 0.0526. The van der Waals surface area contributed by atoms with Crippen LogP contribution in [0, 0.1) is 6.92 Å². The third kappa shape index (κ3) is 2.78. The Morgan fingerprint density at radius 1 is 1.04 bits per heavy atom. The second-order valence-corrected chi connectivity index (χ2v) is 6.53. The summed E-state index contributed by atoms with van der Waals surface area (Å²) in [6.07, 6.45) is 0. The molecule has 0 unspecified atom stereocenters. The predicted octanol–water partition coefficient (Wildman–Crippen LogP) is 3.67. The highest BCUT2D eigenvalue weighted by atomic mass is 32.1. The quantitative estimate of drug-likeness (QED) is 0.603. The molecule has 0 aliphatic rings. The van der Waals surface area contributed by atoms with Crippen LogP contribution >= 0.6 is 11.3 Å². The maximum absolute atomic E-state index is 13.4. The van der Waals surface area contributed by atoms with Crippen molar-refractivity contribution in [3.63, 3.8) is 0 Å². The number of rotatable bonds is 3. The van der Waals surface area contributed by atoms with E-state index >= 15 is 0 Å². The molecule has 2 aromatic carbocycles. The average Bonchev–Trinajstić information content (AvgIpc) is 3.09. The van der Waals surface area contributed by atoms with Crippen molar-refractivity contribution < 1.29 is 4.79 Å². The van der Waals surface area contributed by atoms with Gasteiger partial charge in [0, 0.05) is 10.8 Å². The Morgan fingerprint density at radius 2 is 1.73 bits per heavy atom. The van der Waals surface area contributed by atoms with Gasteiger partial charge < -0.3 is 0 Å². The Bertz CT molecular complexity index is 1150. The monoisotopic (exact) mass is 362 g/mol. The first-order chi connectivity index (χ1) is 12.6. The SMILES string of the molecule is Cc1csc(N(C(=O)c2n[nH]c(=O)c3ccccc23)c2ccccc2)n1. The highest BCUT2D eigenvalue weighted by Gasteiger charge is 2.25. The number of carbonyl (C=O) groups excluding carboxylic acids is 1. The van der Waals surface area contributed by atoms with Crippen molar-refractivity contribution in [1.29, 1.82) is 0 Å². The number of aryl methyl sites for hydroxylation is 1. The number of hydrogen-bond acceptors (Lipinski definition) is 5. The Balaban J connectivity index is 1.91. The van der Waals surface area contributed by atoms with Crippen LogP contribution < -0.4 is 10.5 Å². The third-order valence-electron chi connectivity index (χ3n) is 3.91. The number of nitrogens with one attached hydrogen (secondary N) is 1. The minimum absolute atomic E-state index is 0.178. The van der Waals surface area contributed by atoms with Crippen molar-refractivity contribution in [2.24, 2.45) is 0 Å². The van der Waals surface area contributed by atoms with E-state index in [2.05, 4.69) is 15.2 Å². The molecule has 6 nitrogen and oxygen atoms in total. The van der Waals surface area contributed by atoms with Crippen LogP contribution in [0.1, 0.15) is 16.2 Å². The molecule has 26 heavy (non-hydrogen) atoms. The van der Waals surface area contributed by atoms with Crippen molar-refractivity contribution in [1.82, 2.24) is 15.2 Å². The van der Waals surface area contributed by atoms with E-state index in [9.17, 15) is 9.59 Å². The lowest BCUT2D eigenvalue weighted by Gasteiger charge is -2.20. The van der Waals surface area contributed by atoms with E-state index < -0.39 is 0 Å². The van der Waals surface area contributed by atoms with E-state index in [0.29, 0.717) is 21.6 Å². The molecule has 1 N–H and O–H groups in total. The summed E-state index contributed by atoms with van der Waals surface area (Å²) >= 11 is 1.38. The molecule has 0 radical (unpaired) electrons. The van der Waals surface area contributed by atoms with Gasteiger partial charge >= 0.3 is 0 Å². The summed E-state index contributed by atoms with van der Waals surface area (Å²) < 4.78 is 0. The van der Waals surface area contributed by atoms with Crippen LogP contribution in [0.15, 0.2) is 64.8 Å². The molecule has 7 heteroatoms. The van der Waals surface area contributed by atoms with E-state index in [0.717, 1.165) is 5.69 Å². The maximum atomic E-state index is 13.4. The highest BCUT2D eigenvalue weighted by Crippen LogP contribution is 2.30. The summed E-state index contributed by atoms with van der Waals surface area (Å²) in [5.41, 5.74) is 1.37. The van der Waals surface area contributed by atoms with E-state index in [-0.39, 0.29) is 17.2 Å². The first kappa shape index (κ1) is 16.2. The first-order valence-corrected chi connectivity index (χ1v) is 8.82. The molecular weight excluding hydrogens is 348 g/mol. The van der Waals surface area contributed by atoms with Crippen molar-refractivity contribution in [3.05, 3.63) is 81.7 Å². The smallest absolute Gasteiger partial charge is 0.267 e. The molecule has 2 heterocycles. The second kappa shape index (κ2) is 6.53. The normalized spacial score (nSPS) is 10.8. The number of aromatic nitrogens is 3. The van der Waals surface area contributed by atoms with Gasteiger partial charge in [0.2, 0.25) is 0 Å². The van der Waals surface area contributed by atoms with Crippen LogP contribution in [0.3, 0.4) is 0 Å². The molecule has 4 aromatic rings. The number of anilines is 2. The van der Waals surface area contributed by atoms with E-state index in [1.54, 1.807) is 24.3 Å². The fourth-order valence-electron chi connectivity index (χ4n) is 2.72. The van der Waals surface area contributed by atoms with Crippen LogP contribution in [0.2, 0.25) is 0 Å². The highest BCUT2D eigenvalue weighted by molar-refractivity contribution is 7.14. The van der Waals surface area contributed by atoms with Gasteiger partial charge in [-0.05, 0) is 25.1 Å². The zero-order valence-corrected chi connectivity index (χ0v) is 14.7. The zero-order valence-electron chi connectivity index (χ0n) is 13.8. The van der Waals surface area contributed by atoms with Crippen molar-refractivity contribution >= 4 is 38.8 Å². The number of fused-ring (bicyclic) bond motifs is 1. The van der Waals surface area contributed by atoms with Crippen LogP contribution in [0.5, 0.6) is 0 Å². The largest absolute Gasteiger partial charge is 0.285 e. The lowest BCUT2D eigenvalue weighted by molar-refractivity contribution is 0.0995. The van der Waals surface area contributed by atoms with Crippen LogP contribution in [0.4, 0.5) is 10.8 Å². The van der Waals surface area contributed by atoms with Crippen molar-refractivity contribution in [2.45, 2.75) is 6.92 Å². The van der Waals surface area contributed by atoms with Crippen molar-refractivity contribution in [3.8, 4) is 0 Å². The molecule has 128 valence electrons. The lowest BCUT2D eigenvalue weighted by atomic mass is 10.1. The molecule has 0 aliphatic heterocycles. The Hall–Kier alpha value is -3.32. The van der Waals surface area contributed by atoms with Crippen LogP contribution in [0.25, 0.3) is 10.8 Å². The van der Waals surface area contributed by atoms with Gasteiger partial charge in [0.25, 0.3) is 11.5 Å². The standard InChI is InChI=1S/C19H14N4O2S/c1-12-11-26-19(20-12)23(13-7-3-2-4-8-13)18(25)16-14-9-5-6-10-15(14)17(24)22-21-16/h2-11H,1H3,(H,22,24). The number of carbonyl (C=O) groups is 1. The molecule has 0 saturated heterocycles. The van der Waals surface area contributed by atoms with Gasteiger partial charge in [-0.1, -0.05) is 36.4 Å². The van der Waals surface area contributed by atoms with Crippen LogP contribution in [-0.2, 0) is 0 Å². The molecule has 0 fully saturated rings. The molecular formula is C19H14N4O2S. The van der Waals surface area contributed by atoms with Gasteiger partial charge in [-0.2, -0.15) is 5.10 Å². The Labute approximate surface area is 152 Å². The number of hydrogen-bond donors (Lipinski definition) is 1. The lowest BCUT2D eigenvalue weighted by Crippen LogP contribution is -2.28. The number of nitrogens with zero attached hydrogens (tertiary/aromatic N) is 3. The zero-order chi connectivity index (χ0) is 18.1. The number of thiazole rings is 1. The summed E-state index contributed by atoms with van der Waals surface area (Å²) in [5.74, 6) is -0.349. The number of amides is 1. The molecule has 1 amide bonds. The molecule has 0 saturated carbocycles. The predicted molar refractivity (Wildman–Crippen MR) is 102 cm³/mol. The van der Waals surface area contributed by atoms with E-state index in [1.165, 1.54) is 16.2 Å². The van der Waals surface area contributed by atoms with Gasteiger partial charge in [-0.15, -0.1) is 11.3 Å². The summed E-state index contributed by atoms with van der Waals surface area (Å²) in [5, 5.41) is 9.82. The first-order valence-electron chi connectivity index (χ1n) is 7.94. The van der Waals surface area contributed by atoms with Gasteiger partial charge in [0.15, 0.2) is 10.8 Å². The third-order valence-corrected chi connectivity index (χ3v) is 4.86. The Morgan fingerprint density at radius 3 is 2.42 bits per heavy atom. The molecule has 0 aliphatic carbocycles. The van der Waals surface area contributed by atoms with Gasteiger partial charge in [0.1, 0.15) is 0 Å². The number of H-pyrrole nitrogens is 1. The number of benzene rings is 2. The second-order valence-electron chi connectivity index (χ2n) is 5.69. The molecule has 4 rings (SSSR count). The van der Waals surface area contributed by atoms with E-state index in [4.69, 9.17) is 0 Å². The summed E-state index contributed by atoms with van der Waals surface area (Å²) in [6.45, 7) is 1.88. The van der Waals surface area contributed by atoms with Gasteiger partial charge in [-0.3, -0.25) is 14.5 Å². The van der Waals surface area contributed by atoms with Crippen molar-refractivity contribution in [2.75, 3.05) is 4.90 Å². The summed E-state index contributed by atoms with van der Waals surface area (Å²) in [4.78, 5) is 31.4. The topological polar surface area (TPSA) is 79.0 Å². The Kier molecular flexibility index (Phi) is 4.06. The van der Waals surface area contributed by atoms with Gasteiger partial charge in [0.05, 0.1) is 16.8 Å². The summed E-state index contributed by atoms with van der Waals surface area (Å²) in [6, 6.07) is 16.2. The molecule has 0 spiro atoms. The van der Waals surface area contributed by atoms with Crippen LogP contribution in [-0.4, -0.2) is 21.1 Å². The molecule has 0 atom stereocenters. The molecule has 2 aromatic heterocycles. The number of aromatic amines is 1. The van der Waals surface area contributed by atoms with E-state index in [1.807, 2.05) is 42.6 Å². The summed E-state index contributed by atoms with van der Waals surface area (Å²) in [7, 11) is 0. The maximum Gasteiger partial charge on any atom is 0.285 e. The van der Waals surface area contributed by atoms with Gasteiger partial charge in [-0.25, -0.2) is 10.1 Å². The number of para-hydroxylation sites is 1. The average molecular weight is 362 g/mol. The fourth-order valence-corrected chi connectivity index (χ4v) is 3.54. The molecule has 0 bridgehead atoms. The minimum Gasteiger partial charge on any atom is -0.267 e.